The van der Waals surface area contributed by atoms with Crippen LogP contribution >= 0.6 is 12.4 Å². The van der Waals surface area contributed by atoms with Crippen LogP contribution in [0.2, 0.25) is 0 Å². The van der Waals surface area contributed by atoms with Gasteiger partial charge in [0.25, 0.3) is 0 Å². The lowest BCUT2D eigenvalue weighted by Crippen LogP contribution is -2.15. The van der Waals surface area contributed by atoms with Gasteiger partial charge in [0.15, 0.2) is 0 Å². The average Bonchev–Trinajstić information content (AvgIpc) is 2.18. The van der Waals surface area contributed by atoms with Gasteiger partial charge in [-0.15, -0.1) is 12.4 Å². The summed E-state index contributed by atoms with van der Waals surface area (Å²) in [4.78, 5) is 0. The van der Waals surface area contributed by atoms with Crippen LogP contribution in [0.4, 0.5) is 0 Å². The topological polar surface area (TPSA) is 47.6 Å². The van der Waals surface area contributed by atoms with Crippen molar-refractivity contribution in [3.63, 3.8) is 0 Å². The molecule has 1 rings (SSSR count). The van der Waals surface area contributed by atoms with Crippen molar-refractivity contribution in [3.05, 3.63) is 35.4 Å². The van der Waals surface area contributed by atoms with Crippen LogP contribution in [0.5, 0.6) is 0 Å². The Morgan fingerprint density at radius 3 is 1.29 bits per heavy atom. The molecule has 0 atom stereocenters. The quantitative estimate of drug-likeness (QED) is 0.628. The van der Waals surface area contributed by atoms with E-state index in [2.05, 4.69) is 65.8 Å². The molecule has 0 N–H and O–H groups in total. The molecule has 2 nitrogen and oxygen atoms in total. The number of benzene rings is 1. The molecule has 96 valence electrons. The highest BCUT2D eigenvalue weighted by Crippen LogP contribution is 2.28. The van der Waals surface area contributed by atoms with Crippen molar-refractivity contribution in [1.82, 2.24) is 0 Å². The second kappa shape index (κ2) is 6.61. The number of hydrogen-bond donors (Lipinski definition) is 0. The highest BCUT2D eigenvalue weighted by atomic mass is 35.5. The van der Waals surface area contributed by atoms with Crippen LogP contribution in [0.1, 0.15) is 52.7 Å². The Hall–Kier alpha value is -1.07. The first-order valence-electron chi connectivity index (χ1n) is 5.52. The monoisotopic (exact) mass is 254 g/mol. The molecular formula is C14H23ClN2. The molecule has 0 radical (unpaired) electrons. The van der Waals surface area contributed by atoms with Crippen LogP contribution in [0.25, 0.3) is 0 Å². The summed E-state index contributed by atoms with van der Waals surface area (Å²) in [7, 11) is 0. The minimum atomic E-state index is 0. The van der Waals surface area contributed by atoms with Crippen molar-refractivity contribution >= 4 is 12.4 Å². The fourth-order valence-electron chi connectivity index (χ4n) is 1.45. The third-order valence-electron chi connectivity index (χ3n) is 2.59. The molecule has 0 spiro atoms. The van der Waals surface area contributed by atoms with Crippen molar-refractivity contribution in [2.24, 2.45) is 0 Å². The largest absolute Gasteiger partial charge is 0.147 e. The first kappa shape index (κ1) is 18.3. The van der Waals surface area contributed by atoms with E-state index in [1.165, 1.54) is 11.1 Å². The lowest BCUT2D eigenvalue weighted by atomic mass is 9.81. The lowest BCUT2D eigenvalue weighted by Gasteiger charge is -2.24. The molecule has 0 bridgehead atoms. The molecule has 17 heavy (non-hydrogen) atoms. The van der Waals surface area contributed by atoms with Gasteiger partial charge in [-0.1, -0.05) is 65.8 Å². The molecule has 0 fully saturated rings. The van der Waals surface area contributed by atoms with Crippen LogP contribution in [0.15, 0.2) is 24.3 Å². The maximum atomic E-state index is 6.00. The zero-order chi connectivity index (χ0) is 13.0. The number of hydrogen-bond acceptors (Lipinski definition) is 2. The van der Waals surface area contributed by atoms with Gasteiger partial charge in [-0.3, -0.25) is 0 Å². The van der Waals surface area contributed by atoms with Crippen LogP contribution in [0, 0.1) is 10.8 Å². The van der Waals surface area contributed by atoms with E-state index >= 15 is 0 Å². The summed E-state index contributed by atoms with van der Waals surface area (Å²) in [5, 5.41) is 12.0. The Morgan fingerprint density at radius 2 is 1.06 bits per heavy atom. The van der Waals surface area contributed by atoms with Gasteiger partial charge in [-0.25, -0.2) is 0 Å². The fourth-order valence-corrected chi connectivity index (χ4v) is 1.45. The Balaban J connectivity index is 0. The van der Waals surface area contributed by atoms with E-state index in [4.69, 9.17) is 10.8 Å². The zero-order valence-electron chi connectivity index (χ0n) is 11.6. The van der Waals surface area contributed by atoms with Crippen molar-refractivity contribution in [2.75, 3.05) is 0 Å². The molecule has 0 heterocycles. The van der Waals surface area contributed by atoms with Gasteiger partial charge in [0.05, 0.1) is 0 Å². The van der Waals surface area contributed by atoms with Crippen molar-refractivity contribution in [2.45, 2.75) is 52.4 Å². The van der Waals surface area contributed by atoms with E-state index in [1.54, 1.807) is 0 Å². The maximum Gasteiger partial charge on any atom is 0 e. The summed E-state index contributed by atoms with van der Waals surface area (Å²) in [5.41, 5.74) is 3.34. The molecular weight excluding hydrogens is 232 g/mol. The highest BCUT2D eigenvalue weighted by Gasteiger charge is 2.18. The average molecular weight is 255 g/mol. The molecule has 0 unspecified atom stereocenters. The summed E-state index contributed by atoms with van der Waals surface area (Å²) in [6.07, 6.45) is 0. The van der Waals surface area contributed by atoms with E-state index in [-0.39, 0.29) is 23.2 Å². The molecule has 1 aromatic rings. The van der Waals surface area contributed by atoms with Gasteiger partial charge in [0.2, 0.25) is 0 Å². The minimum Gasteiger partial charge on any atom is -0.147 e. The summed E-state index contributed by atoms with van der Waals surface area (Å²) in [6.45, 7) is 13.6. The summed E-state index contributed by atoms with van der Waals surface area (Å²) in [6, 6.07) is 8.94. The van der Waals surface area contributed by atoms with Crippen molar-refractivity contribution in [3.8, 4) is 0 Å². The molecule has 3 heteroatoms. The van der Waals surface area contributed by atoms with Gasteiger partial charge < -0.3 is 0 Å². The molecule has 0 saturated carbocycles. The maximum absolute atomic E-state index is 6.00. The summed E-state index contributed by atoms with van der Waals surface area (Å²) < 4.78 is 0. The second-order valence-corrected chi connectivity index (χ2v) is 6.08. The fraction of sp³-hybridized carbons (Fsp3) is 0.571. The van der Waals surface area contributed by atoms with Gasteiger partial charge >= 0.3 is 0 Å². The van der Waals surface area contributed by atoms with Crippen LogP contribution in [0.3, 0.4) is 0 Å². The van der Waals surface area contributed by atoms with Crippen LogP contribution in [-0.2, 0) is 10.8 Å². The summed E-state index contributed by atoms with van der Waals surface area (Å²) in [5.74, 6) is 0. The molecule has 0 aliphatic heterocycles. The van der Waals surface area contributed by atoms with Crippen LogP contribution in [-0.4, -0.2) is 0 Å². The smallest absolute Gasteiger partial charge is 0 e. The molecule has 0 aliphatic carbocycles. The summed E-state index contributed by atoms with van der Waals surface area (Å²) >= 11 is 0. The highest BCUT2D eigenvalue weighted by molar-refractivity contribution is 5.85. The Bertz CT molecular complexity index is 327. The minimum absolute atomic E-state index is 0. The van der Waals surface area contributed by atoms with E-state index in [0.29, 0.717) is 0 Å². The number of halogens is 1. The second-order valence-electron chi connectivity index (χ2n) is 6.08. The van der Waals surface area contributed by atoms with Gasteiger partial charge in [0, 0.05) is 10.8 Å². The lowest BCUT2D eigenvalue weighted by molar-refractivity contribution is 0.568. The van der Waals surface area contributed by atoms with Gasteiger partial charge in [-0.2, -0.15) is 0 Å². The molecule has 0 aromatic heterocycles. The van der Waals surface area contributed by atoms with Gasteiger partial charge in [-0.05, 0) is 22.0 Å². The van der Waals surface area contributed by atoms with Crippen molar-refractivity contribution < 1.29 is 0 Å². The first-order chi connectivity index (χ1) is 7.21. The zero-order valence-corrected chi connectivity index (χ0v) is 12.4. The number of rotatable bonds is 0. The first-order valence-corrected chi connectivity index (χ1v) is 5.52. The predicted octanol–water partition coefficient (Wildman–Crippen LogP) is 4.73. The van der Waals surface area contributed by atoms with Gasteiger partial charge in [0.1, 0.15) is 0 Å². The number of nitrogens with zero attached hydrogens (tertiary/aromatic N) is 2. The standard InChI is InChI=1S/C14H22.ClH.N2/c1-13(2,3)11-8-7-9-12(10-11)14(4,5)6;;1-2/h7-10H,1-6H3;1H;. The molecule has 0 aliphatic rings. The van der Waals surface area contributed by atoms with E-state index < -0.39 is 0 Å². The van der Waals surface area contributed by atoms with Crippen LogP contribution < -0.4 is 0 Å². The molecule has 0 saturated heterocycles. The Morgan fingerprint density at radius 1 is 0.765 bits per heavy atom. The van der Waals surface area contributed by atoms with E-state index in [1.807, 2.05) is 0 Å². The Labute approximate surface area is 111 Å². The predicted molar refractivity (Wildman–Crippen MR) is 74.5 cm³/mol. The SMILES string of the molecule is CC(C)(C)c1cccc(C(C)(C)C)c1.Cl.N#N. The third-order valence-corrected chi connectivity index (χ3v) is 2.59. The van der Waals surface area contributed by atoms with Crippen molar-refractivity contribution in [1.29, 1.82) is 10.8 Å². The molecule has 0 amide bonds. The normalized spacial score (nSPS) is 10.8. The third kappa shape index (κ3) is 5.70. The molecule has 1 aromatic carbocycles. The van der Waals surface area contributed by atoms with E-state index in [0.717, 1.165) is 0 Å². The Kier molecular flexibility index (Phi) is 7.12. The van der Waals surface area contributed by atoms with E-state index in [9.17, 15) is 0 Å².